The van der Waals surface area contributed by atoms with Crippen LogP contribution in [0.4, 0.5) is 0 Å². The third-order valence-electron chi connectivity index (χ3n) is 2.23. The van der Waals surface area contributed by atoms with Gasteiger partial charge in [0, 0.05) is 16.3 Å². The molecule has 0 bridgehead atoms. The lowest BCUT2D eigenvalue weighted by atomic mass is 10.1. The Kier molecular flexibility index (Phi) is 3.21. The number of rotatable bonds is 2. The van der Waals surface area contributed by atoms with Gasteiger partial charge in [-0.3, -0.25) is 4.99 Å². The summed E-state index contributed by atoms with van der Waals surface area (Å²) in [6, 6.07) is 5.01. The van der Waals surface area contributed by atoms with Crippen LogP contribution >= 0.6 is 23.4 Å². The van der Waals surface area contributed by atoms with Gasteiger partial charge in [0.2, 0.25) is 0 Å². The number of nitrogens with zero attached hydrogens (tertiary/aromatic N) is 1. The van der Waals surface area contributed by atoms with E-state index in [0.717, 1.165) is 16.2 Å². The zero-order valence-corrected chi connectivity index (χ0v) is 10.2. The van der Waals surface area contributed by atoms with Crippen LogP contribution in [-0.2, 0) is 4.79 Å². The smallest absolute Gasteiger partial charge is 0.329 e. The van der Waals surface area contributed by atoms with Gasteiger partial charge in [0.25, 0.3) is 0 Å². The second kappa shape index (κ2) is 4.47. The molecule has 0 saturated heterocycles. The first-order chi connectivity index (χ1) is 7.56. The first-order valence-electron chi connectivity index (χ1n) is 4.77. The quantitative estimate of drug-likeness (QED) is 0.884. The third-order valence-corrected chi connectivity index (χ3v) is 3.54. The molecule has 0 aromatic heterocycles. The van der Waals surface area contributed by atoms with Crippen molar-refractivity contribution < 1.29 is 9.90 Å². The lowest BCUT2D eigenvalue weighted by Gasteiger charge is -2.02. The molecule has 0 fully saturated rings. The highest BCUT2D eigenvalue weighted by molar-refractivity contribution is 8.14. The molecule has 0 saturated carbocycles. The van der Waals surface area contributed by atoms with Crippen molar-refractivity contribution in [1.82, 2.24) is 0 Å². The molecule has 84 valence electrons. The van der Waals surface area contributed by atoms with Crippen LogP contribution < -0.4 is 0 Å². The van der Waals surface area contributed by atoms with Gasteiger partial charge in [-0.2, -0.15) is 0 Å². The predicted molar refractivity (Wildman–Crippen MR) is 66.6 cm³/mol. The highest BCUT2D eigenvalue weighted by Gasteiger charge is 2.25. The molecular weight excluding hydrogens is 246 g/mol. The summed E-state index contributed by atoms with van der Waals surface area (Å²) in [5.74, 6) is -0.378. The molecule has 1 aliphatic rings. The maximum atomic E-state index is 10.8. The number of carboxylic acids is 1. The maximum Gasteiger partial charge on any atom is 0.329 e. The van der Waals surface area contributed by atoms with Gasteiger partial charge in [0.05, 0.1) is 5.04 Å². The fourth-order valence-corrected chi connectivity index (χ4v) is 2.83. The number of benzene rings is 1. The molecule has 0 aliphatic carbocycles. The topological polar surface area (TPSA) is 49.7 Å². The molecule has 1 aromatic carbocycles. The molecule has 1 aromatic rings. The Morgan fingerprint density at radius 3 is 2.88 bits per heavy atom. The monoisotopic (exact) mass is 255 g/mol. The van der Waals surface area contributed by atoms with Crippen LogP contribution in [0, 0.1) is 6.92 Å². The molecule has 3 nitrogen and oxygen atoms in total. The number of hydrogen-bond acceptors (Lipinski definition) is 3. The van der Waals surface area contributed by atoms with Gasteiger partial charge in [-0.25, -0.2) is 4.79 Å². The fourth-order valence-electron chi connectivity index (χ4n) is 1.52. The van der Waals surface area contributed by atoms with Gasteiger partial charge in [-0.15, -0.1) is 11.8 Å². The van der Waals surface area contributed by atoms with Crippen LogP contribution in [0.25, 0.3) is 0 Å². The number of carbonyl (C=O) groups is 1. The summed E-state index contributed by atoms with van der Waals surface area (Å²) in [7, 11) is 0. The van der Waals surface area contributed by atoms with Gasteiger partial charge in [0.15, 0.2) is 6.04 Å². The molecular formula is C11H10ClNO2S. The first kappa shape index (κ1) is 11.5. The van der Waals surface area contributed by atoms with E-state index in [2.05, 4.69) is 4.99 Å². The van der Waals surface area contributed by atoms with E-state index in [4.69, 9.17) is 16.7 Å². The zero-order chi connectivity index (χ0) is 11.7. The SMILES string of the molecule is Cc1cc(Cl)cc(C2=NC(C(=O)O)CS2)c1. The number of hydrogen-bond donors (Lipinski definition) is 1. The standard InChI is InChI=1S/C11H10ClNO2S/c1-6-2-7(4-8(12)3-6)10-13-9(5-16-10)11(14)15/h2-4,9H,5H2,1H3,(H,14,15). The minimum absolute atomic E-state index is 0.496. The minimum atomic E-state index is -0.874. The summed E-state index contributed by atoms with van der Waals surface area (Å²) in [5, 5.41) is 10.3. The maximum absolute atomic E-state index is 10.8. The van der Waals surface area contributed by atoms with Crippen molar-refractivity contribution in [1.29, 1.82) is 0 Å². The highest BCUT2D eigenvalue weighted by atomic mass is 35.5. The molecule has 2 rings (SSSR count). The zero-order valence-electron chi connectivity index (χ0n) is 8.61. The van der Waals surface area contributed by atoms with E-state index in [9.17, 15) is 4.79 Å². The van der Waals surface area contributed by atoms with E-state index in [-0.39, 0.29) is 0 Å². The Labute approximate surface area is 103 Å². The second-order valence-corrected chi connectivity index (χ2v) is 5.06. The van der Waals surface area contributed by atoms with Crippen molar-refractivity contribution in [2.45, 2.75) is 13.0 Å². The number of aryl methyl sites for hydroxylation is 1. The normalized spacial score (nSPS) is 19.6. The number of aliphatic imine (C=N–C) groups is 1. The minimum Gasteiger partial charge on any atom is -0.480 e. The molecule has 1 aliphatic heterocycles. The summed E-state index contributed by atoms with van der Waals surface area (Å²) in [4.78, 5) is 14.9. The highest BCUT2D eigenvalue weighted by Crippen LogP contribution is 2.26. The Balaban J connectivity index is 2.32. The molecule has 16 heavy (non-hydrogen) atoms. The number of aliphatic carboxylic acids is 1. The summed E-state index contributed by atoms with van der Waals surface area (Å²) in [6.07, 6.45) is 0. The van der Waals surface area contributed by atoms with Crippen LogP contribution in [0.5, 0.6) is 0 Å². The van der Waals surface area contributed by atoms with Crippen LogP contribution in [0.15, 0.2) is 23.2 Å². The van der Waals surface area contributed by atoms with Gasteiger partial charge < -0.3 is 5.11 Å². The largest absolute Gasteiger partial charge is 0.480 e. The molecule has 1 N–H and O–H groups in total. The van der Waals surface area contributed by atoms with Crippen molar-refractivity contribution >= 4 is 34.4 Å². The van der Waals surface area contributed by atoms with E-state index in [0.29, 0.717) is 10.8 Å². The molecule has 5 heteroatoms. The number of thioether (sulfide) groups is 1. The van der Waals surface area contributed by atoms with Crippen molar-refractivity contribution in [3.63, 3.8) is 0 Å². The van der Waals surface area contributed by atoms with E-state index < -0.39 is 12.0 Å². The Bertz CT molecular complexity index is 453. The van der Waals surface area contributed by atoms with E-state index in [1.54, 1.807) is 0 Å². The molecule has 1 unspecified atom stereocenters. The number of carboxylic acid groups (broad SMARTS) is 1. The van der Waals surface area contributed by atoms with E-state index in [1.807, 2.05) is 25.1 Å². The molecule has 0 spiro atoms. The van der Waals surface area contributed by atoms with Crippen molar-refractivity contribution in [2.75, 3.05) is 5.75 Å². The molecule has 0 amide bonds. The average Bonchev–Trinajstić information content (AvgIpc) is 2.64. The summed E-state index contributed by atoms with van der Waals surface area (Å²) in [6.45, 7) is 1.95. The van der Waals surface area contributed by atoms with Crippen LogP contribution in [0.3, 0.4) is 0 Å². The summed E-state index contributed by atoms with van der Waals surface area (Å²) < 4.78 is 0. The Morgan fingerprint density at radius 1 is 1.56 bits per heavy atom. The third kappa shape index (κ3) is 2.39. The molecule has 1 atom stereocenters. The van der Waals surface area contributed by atoms with Crippen molar-refractivity contribution in [3.8, 4) is 0 Å². The van der Waals surface area contributed by atoms with E-state index >= 15 is 0 Å². The van der Waals surface area contributed by atoms with Gasteiger partial charge in [-0.1, -0.05) is 11.6 Å². The van der Waals surface area contributed by atoms with Crippen LogP contribution in [-0.4, -0.2) is 27.9 Å². The molecule has 1 heterocycles. The fraction of sp³-hybridized carbons (Fsp3) is 0.273. The van der Waals surface area contributed by atoms with Crippen LogP contribution in [0.2, 0.25) is 5.02 Å². The van der Waals surface area contributed by atoms with Gasteiger partial charge in [-0.05, 0) is 30.7 Å². The van der Waals surface area contributed by atoms with Gasteiger partial charge in [0.1, 0.15) is 0 Å². The average molecular weight is 256 g/mol. The first-order valence-corrected chi connectivity index (χ1v) is 6.13. The molecule has 0 radical (unpaired) electrons. The van der Waals surface area contributed by atoms with E-state index in [1.165, 1.54) is 11.8 Å². The summed E-state index contributed by atoms with van der Waals surface area (Å²) >= 11 is 7.41. The Morgan fingerprint density at radius 2 is 2.31 bits per heavy atom. The lowest BCUT2D eigenvalue weighted by Crippen LogP contribution is -2.17. The van der Waals surface area contributed by atoms with Crippen molar-refractivity contribution in [2.24, 2.45) is 4.99 Å². The Hall–Kier alpha value is -1.00. The van der Waals surface area contributed by atoms with Crippen molar-refractivity contribution in [3.05, 3.63) is 34.3 Å². The number of halogens is 1. The second-order valence-electron chi connectivity index (χ2n) is 3.62. The van der Waals surface area contributed by atoms with Crippen LogP contribution in [0.1, 0.15) is 11.1 Å². The predicted octanol–water partition coefficient (Wildman–Crippen LogP) is 2.60. The summed E-state index contributed by atoms with van der Waals surface area (Å²) in [5.41, 5.74) is 1.95. The van der Waals surface area contributed by atoms with Gasteiger partial charge >= 0.3 is 5.97 Å². The lowest BCUT2D eigenvalue weighted by molar-refractivity contribution is -0.137.